The molecule has 1 aliphatic heterocycles. The van der Waals surface area contributed by atoms with Crippen LogP contribution in [0.2, 0.25) is 0 Å². The van der Waals surface area contributed by atoms with Crippen molar-refractivity contribution in [2.75, 3.05) is 57.9 Å². The summed E-state index contributed by atoms with van der Waals surface area (Å²) in [5.41, 5.74) is 0. The fourth-order valence-corrected chi connectivity index (χ4v) is 3.61. The van der Waals surface area contributed by atoms with Crippen molar-refractivity contribution in [1.82, 2.24) is 20.5 Å². The maximum absolute atomic E-state index is 14.0. The van der Waals surface area contributed by atoms with Gasteiger partial charge in [-0.1, -0.05) is 0 Å². The Bertz CT molecular complexity index is 645. The van der Waals surface area contributed by atoms with E-state index in [9.17, 15) is 4.39 Å². The number of guanidine groups is 1. The number of hydrogen-bond acceptors (Lipinski definition) is 5. The first-order valence-electron chi connectivity index (χ1n) is 10.3. The van der Waals surface area contributed by atoms with Crippen molar-refractivity contribution in [1.29, 1.82) is 0 Å². The Morgan fingerprint density at radius 3 is 2.90 bits per heavy atom. The number of methoxy groups -OCH3 is 1. The zero-order valence-electron chi connectivity index (χ0n) is 17.4. The lowest BCUT2D eigenvalue weighted by Gasteiger charge is -2.22. The molecule has 164 valence electrons. The molecule has 1 unspecified atom stereocenters. The Hall–Kier alpha value is -1.20. The zero-order valence-corrected chi connectivity index (χ0v) is 19.8. The third-order valence-electron chi connectivity index (χ3n) is 5.21. The van der Waals surface area contributed by atoms with Crippen molar-refractivity contribution >= 4 is 35.8 Å². The first-order valence-corrected chi connectivity index (χ1v) is 10.3. The van der Waals surface area contributed by atoms with Crippen molar-refractivity contribution in [3.8, 4) is 0 Å². The van der Waals surface area contributed by atoms with E-state index >= 15 is 0 Å². The quantitative estimate of drug-likeness (QED) is 0.280. The summed E-state index contributed by atoms with van der Waals surface area (Å²) in [6.45, 7) is 7.82. The van der Waals surface area contributed by atoms with Gasteiger partial charge in [-0.25, -0.2) is 9.37 Å². The highest BCUT2D eigenvalue weighted by Gasteiger charge is 2.28. The minimum Gasteiger partial charge on any atom is -0.383 e. The van der Waals surface area contributed by atoms with E-state index in [4.69, 9.17) is 9.73 Å². The van der Waals surface area contributed by atoms with Crippen molar-refractivity contribution in [3.63, 3.8) is 0 Å². The van der Waals surface area contributed by atoms with Gasteiger partial charge in [0, 0.05) is 58.1 Å². The van der Waals surface area contributed by atoms with Gasteiger partial charge in [-0.3, -0.25) is 9.89 Å². The molecule has 1 atom stereocenters. The third kappa shape index (κ3) is 7.53. The number of aliphatic imine (C=N–C) groups is 1. The van der Waals surface area contributed by atoms with Crippen LogP contribution in [0.5, 0.6) is 0 Å². The molecule has 0 radical (unpaired) electrons. The average molecular weight is 520 g/mol. The second-order valence-corrected chi connectivity index (χ2v) is 7.41. The molecule has 2 aliphatic rings. The van der Waals surface area contributed by atoms with Crippen LogP contribution in [0, 0.1) is 5.82 Å². The van der Waals surface area contributed by atoms with Crippen LogP contribution >= 0.6 is 24.0 Å². The van der Waals surface area contributed by atoms with Crippen LogP contribution in [-0.2, 0) is 4.74 Å². The van der Waals surface area contributed by atoms with E-state index in [0.29, 0.717) is 11.9 Å². The second-order valence-electron chi connectivity index (χ2n) is 7.41. The SMILES string of the molecule is CCNC(=NCCN(CCOC)C1CC1)NC1CCN(c2ncccc2F)C1.I. The normalized spacial score (nSPS) is 19.4. The van der Waals surface area contributed by atoms with E-state index < -0.39 is 0 Å². The van der Waals surface area contributed by atoms with Gasteiger partial charge in [0.15, 0.2) is 17.6 Å². The molecule has 0 bridgehead atoms. The lowest BCUT2D eigenvalue weighted by Crippen LogP contribution is -2.45. The molecule has 2 N–H and O–H groups in total. The predicted molar refractivity (Wildman–Crippen MR) is 126 cm³/mol. The van der Waals surface area contributed by atoms with Crippen molar-refractivity contribution in [2.45, 2.75) is 38.3 Å². The molecule has 7 nitrogen and oxygen atoms in total. The highest BCUT2D eigenvalue weighted by atomic mass is 127. The van der Waals surface area contributed by atoms with E-state index in [-0.39, 0.29) is 35.8 Å². The maximum Gasteiger partial charge on any atom is 0.191 e. The molecular weight excluding hydrogens is 486 g/mol. The molecule has 1 saturated heterocycles. The summed E-state index contributed by atoms with van der Waals surface area (Å²) in [5.74, 6) is 1.00. The Morgan fingerprint density at radius 1 is 1.38 bits per heavy atom. The highest BCUT2D eigenvalue weighted by molar-refractivity contribution is 14.0. The van der Waals surface area contributed by atoms with Crippen LogP contribution in [0.15, 0.2) is 23.3 Å². The van der Waals surface area contributed by atoms with Gasteiger partial charge in [0.2, 0.25) is 0 Å². The van der Waals surface area contributed by atoms with Crippen molar-refractivity contribution in [2.24, 2.45) is 4.99 Å². The topological polar surface area (TPSA) is 65.0 Å². The number of rotatable bonds is 10. The Morgan fingerprint density at radius 2 is 2.21 bits per heavy atom. The monoisotopic (exact) mass is 520 g/mol. The van der Waals surface area contributed by atoms with Gasteiger partial charge in [0.25, 0.3) is 0 Å². The highest BCUT2D eigenvalue weighted by Crippen LogP contribution is 2.26. The smallest absolute Gasteiger partial charge is 0.191 e. The van der Waals surface area contributed by atoms with Gasteiger partial charge >= 0.3 is 0 Å². The van der Waals surface area contributed by atoms with Gasteiger partial charge in [0.05, 0.1) is 13.2 Å². The van der Waals surface area contributed by atoms with Gasteiger partial charge in [-0.05, 0) is 38.3 Å². The Labute approximate surface area is 190 Å². The number of aromatic nitrogens is 1. The van der Waals surface area contributed by atoms with Crippen LogP contribution in [-0.4, -0.2) is 80.9 Å². The minimum atomic E-state index is -0.264. The summed E-state index contributed by atoms with van der Waals surface area (Å²) in [7, 11) is 1.75. The summed E-state index contributed by atoms with van der Waals surface area (Å²) in [6.07, 6.45) is 5.14. The summed E-state index contributed by atoms with van der Waals surface area (Å²) in [4.78, 5) is 13.4. The van der Waals surface area contributed by atoms with E-state index in [1.807, 2.05) is 4.90 Å². The largest absolute Gasteiger partial charge is 0.383 e. The van der Waals surface area contributed by atoms with Crippen molar-refractivity contribution < 1.29 is 9.13 Å². The molecule has 2 heterocycles. The molecule has 1 aromatic heterocycles. The summed E-state index contributed by atoms with van der Waals surface area (Å²) in [6, 6.07) is 4.02. The van der Waals surface area contributed by atoms with Crippen LogP contribution in [0.4, 0.5) is 10.2 Å². The van der Waals surface area contributed by atoms with Crippen LogP contribution in [0.25, 0.3) is 0 Å². The molecule has 0 aromatic carbocycles. The molecule has 3 rings (SSSR count). The summed E-state index contributed by atoms with van der Waals surface area (Å²) < 4.78 is 19.2. The summed E-state index contributed by atoms with van der Waals surface area (Å²) in [5, 5.41) is 6.83. The van der Waals surface area contributed by atoms with Gasteiger partial charge in [-0.2, -0.15) is 0 Å². The molecule has 2 fully saturated rings. The third-order valence-corrected chi connectivity index (χ3v) is 5.21. The molecule has 29 heavy (non-hydrogen) atoms. The van der Waals surface area contributed by atoms with E-state index in [1.165, 1.54) is 18.9 Å². The van der Waals surface area contributed by atoms with Gasteiger partial charge in [-0.15, -0.1) is 24.0 Å². The van der Waals surface area contributed by atoms with Crippen LogP contribution in [0.1, 0.15) is 26.2 Å². The number of nitrogens with one attached hydrogen (secondary N) is 2. The molecule has 1 aliphatic carbocycles. The van der Waals surface area contributed by atoms with Crippen LogP contribution in [0.3, 0.4) is 0 Å². The fraction of sp³-hybridized carbons (Fsp3) is 0.700. The Kier molecular flexibility index (Phi) is 10.4. The molecule has 1 saturated carbocycles. The van der Waals surface area contributed by atoms with E-state index in [0.717, 1.165) is 58.3 Å². The second kappa shape index (κ2) is 12.5. The summed E-state index contributed by atoms with van der Waals surface area (Å²) >= 11 is 0. The first-order chi connectivity index (χ1) is 13.7. The molecule has 0 amide bonds. The van der Waals surface area contributed by atoms with Crippen molar-refractivity contribution in [3.05, 3.63) is 24.1 Å². The predicted octanol–water partition coefficient (Wildman–Crippen LogP) is 2.08. The van der Waals surface area contributed by atoms with Gasteiger partial charge in [0.1, 0.15) is 0 Å². The number of hydrogen-bond donors (Lipinski definition) is 2. The molecule has 9 heteroatoms. The molecule has 1 aromatic rings. The number of anilines is 1. The lowest BCUT2D eigenvalue weighted by molar-refractivity contribution is 0.145. The van der Waals surface area contributed by atoms with E-state index in [1.54, 1.807) is 19.4 Å². The Balaban J connectivity index is 0.00000300. The number of halogens is 2. The average Bonchev–Trinajstić information content (AvgIpc) is 3.44. The van der Waals surface area contributed by atoms with Gasteiger partial charge < -0.3 is 20.3 Å². The fourth-order valence-electron chi connectivity index (χ4n) is 3.61. The zero-order chi connectivity index (χ0) is 19.8. The lowest BCUT2D eigenvalue weighted by atomic mass is 10.3. The molecular formula is C20H34FIN6O. The number of ether oxygens (including phenoxy) is 1. The number of pyridine rings is 1. The maximum atomic E-state index is 14.0. The first kappa shape index (κ1) is 24.1. The molecule has 0 spiro atoms. The minimum absolute atomic E-state index is 0. The van der Waals surface area contributed by atoms with E-state index in [2.05, 4.69) is 27.4 Å². The van der Waals surface area contributed by atoms with Crippen LogP contribution < -0.4 is 15.5 Å². The number of nitrogens with zero attached hydrogens (tertiary/aromatic N) is 4. The standard InChI is InChI=1S/C20H33FN6O.HI/c1-3-22-20(24-10-12-26(13-14-28-2)17-6-7-17)25-16-8-11-27(15-16)19-18(21)5-4-9-23-19;/h4-5,9,16-17H,3,6-8,10-15H2,1-2H3,(H2,22,24,25);1H.